The van der Waals surface area contributed by atoms with Gasteiger partial charge >= 0.3 is 18.4 Å². The highest BCUT2D eigenvalue weighted by Gasteiger charge is 2.43. The molecule has 4 heterocycles. The van der Waals surface area contributed by atoms with Crippen LogP contribution >= 0.6 is 0 Å². The summed E-state index contributed by atoms with van der Waals surface area (Å²) in [6.45, 7) is 3.93. The van der Waals surface area contributed by atoms with Gasteiger partial charge < -0.3 is 44.4 Å². The minimum atomic E-state index is -4.78. The highest BCUT2D eigenvalue weighted by Crippen LogP contribution is 2.40. The van der Waals surface area contributed by atoms with Crippen LogP contribution in [0.1, 0.15) is 69.0 Å². The number of aromatic nitrogens is 4. The number of nitrogens with one attached hydrogen (secondary N) is 3. The van der Waals surface area contributed by atoms with E-state index >= 15 is 0 Å². The molecule has 4 N–H and O–H groups in total. The SMILES string of the molecule is COC(=O)N[C@H](C(=O)N1CCC[C@H]1c1nc(-c2ccc(-c3ccc(-c4cnc([C@@H]5CCCN5C(=O)[C@H]([C@@H](C)OC)N(C)C(=O)O)[nH]4)cc3)cc2)c(C(F)(F)F)[nH]1)[C@@H](C)OC. The van der Waals surface area contributed by atoms with E-state index in [9.17, 15) is 37.5 Å². The number of alkyl carbamates (subject to hydrolysis) is 1. The molecule has 0 bridgehead atoms. The molecule has 2 fully saturated rings. The molecule has 2 aromatic heterocycles. The first-order valence-electron chi connectivity index (χ1n) is 19.5. The lowest BCUT2D eigenvalue weighted by atomic mass is 10.0. The normalized spacial score (nSPS) is 18.8. The lowest BCUT2D eigenvalue weighted by Crippen LogP contribution is -2.54. The van der Waals surface area contributed by atoms with Gasteiger partial charge in [0.05, 0.1) is 43.3 Å². The Balaban J connectivity index is 1.19. The van der Waals surface area contributed by atoms with E-state index in [1.54, 1.807) is 49.2 Å². The van der Waals surface area contributed by atoms with Crippen LogP contribution in [0, 0.1) is 0 Å². The molecule has 6 atom stereocenters. The molecule has 60 heavy (non-hydrogen) atoms. The molecule has 2 aromatic carbocycles. The molecular weight excluding hydrogens is 789 g/mol. The topological polar surface area (TPSA) is 195 Å². The first-order chi connectivity index (χ1) is 28.6. The Bertz CT molecular complexity index is 2160. The van der Waals surface area contributed by atoms with Gasteiger partial charge in [0.2, 0.25) is 11.8 Å². The van der Waals surface area contributed by atoms with E-state index in [4.69, 9.17) is 9.47 Å². The zero-order valence-electron chi connectivity index (χ0n) is 34.1. The van der Waals surface area contributed by atoms with Gasteiger partial charge in [0, 0.05) is 39.9 Å². The van der Waals surface area contributed by atoms with Gasteiger partial charge in [-0.05, 0) is 56.2 Å². The lowest BCUT2D eigenvalue weighted by molar-refractivity contribution is -0.142. The molecule has 2 saturated heterocycles. The zero-order valence-corrected chi connectivity index (χ0v) is 34.1. The number of nitrogens with zero attached hydrogens (tertiary/aromatic N) is 5. The number of carbonyl (C=O) groups is 4. The molecule has 0 unspecified atom stereocenters. The maximum Gasteiger partial charge on any atom is 0.433 e. The molecule has 2 aliphatic rings. The van der Waals surface area contributed by atoms with Crippen molar-refractivity contribution in [3.05, 3.63) is 72.1 Å². The van der Waals surface area contributed by atoms with Crippen molar-refractivity contribution in [2.75, 3.05) is 41.5 Å². The summed E-state index contributed by atoms with van der Waals surface area (Å²) in [5.74, 6) is -0.343. The molecule has 19 heteroatoms. The second-order valence-corrected chi connectivity index (χ2v) is 14.9. The molecular formula is C41H49F3N8O8. The van der Waals surface area contributed by atoms with Gasteiger partial charge in [-0.15, -0.1) is 0 Å². The number of amides is 4. The summed E-state index contributed by atoms with van der Waals surface area (Å²) in [4.78, 5) is 69.9. The van der Waals surface area contributed by atoms with Gasteiger partial charge in [0.15, 0.2) is 0 Å². The van der Waals surface area contributed by atoms with Crippen LogP contribution in [0.3, 0.4) is 0 Å². The number of likely N-dealkylation sites (N-methyl/N-ethyl adjacent to an activating group) is 1. The van der Waals surface area contributed by atoms with Crippen molar-refractivity contribution < 1.29 is 51.7 Å². The van der Waals surface area contributed by atoms with Crippen LogP contribution in [-0.4, -0.2) is 130 Å². The van der Waals surface area contributed by atoms with E-state index in [-0.39, 0.29) is 35.6 Å². The summed E-state index contributed by atoms with van der Waals surface area (Å²) >= 11 is 0. The van der Waals surface area contributed by atoms with E-state index in [1.165, 1.54) is 26.2 Å². The number of benzene rings is 2. The van der Waals surface area contributed by atoms with Crippen molar-refractivity contribution in [3.8, 4) is 33.6 Å². The van der Waals surface area contributed by atoms with E-state index in [2.05, 4.69) is 30.0 Å². The number of hydrogen-bond donors (Lipinski definition) is 4. The van der Waals surface area contributed by atoms with Crippen molar-refractivity contribution in [2.24, 2.45) is 0 Å². The van der Waals surface area contributed by atoms with Gasteiger partial charge in [0.25, 0.3) is 0 Å². The van der Waals surface area contributed by atoms with Crippen molar-refractivity contribution in [1.29, 1.82) is 0 Å². The van der Waals surface area contributed by atoms with Crippen LogP contribution in [0.5, 0.6) is 0 Å². The summed E-state index contributed by atoms with van der Waals surface area (Å²) in [5.41, 5.74) is 1.95. The summed E-state index contributed by atoms with van der Waals surface area (Å²) in [6.07, 6.45) is -4.38. The van der Waals surface area contributed by atoms with Crippen LogP contribution in [-0.2, 0) is 30.0 Å². The van der Waals surface area contributed by atoms with Crippen LogP contribution in [0.15, 0.2) is 54.7 Å². The Morgan fingerprint density at radius 1 is 0.817 bits per heavy atom. The molecule has 6 rings (SSSR count). The number of methoxy groups -OCH3 is 3. The van der Waals surface area contributed by atoms with Crippen LogP contribution in [0.4, 0.5) is 22.8 Å². The Kier molecular flexibility index (Phi) is 13.2. The van der Waals surface area contributed by atoms with Crippen molar-refractivity contribution in [2.45, 2.75) is 82.1 Å². The first kappa shape index (κ1) is 43.6. The summed E-state index contributed by atoms with van der Waals surface area (Å²) < 4.78 is 58.7. The highest BCUT2D eigenvalue weighted by molar-refractivity contribution is 5.87. The number of carboxylic acid groups (broad SMARTS) is 1. The Hall–Kier alpha value is -5.95. The van der Waals surface area contributed by atoms with Crippen LogP contribution in [0.2, 0.25) is 0 Å². The fourth-order valence-electron chi connectivity index (χ4n) is 7.89. The third-order valence-electron chi connectivity index (χ3n) is 11.3. The third kappa shape index (κ3) is 8.96. The molecule has 0 aliphatic carbocycles. The Morgan fingerprint density at radius 3 is 1.88 bits per heavy atom. The summed E-state index contributed by atoms with van der Waals surface area (Å²) in [7, 11) is 5.31. The highest BCUT2D eigenvalue weighted by atomic mass is 19.4. The molecule has 0 saturated carbocycles. The first-order valence-corrected chi connectivity index (χ1v) is 19.5. The minimum Gasteiger partial charge on any atom is -0.465 e. The number of imidazole rings is 2. The number of likely N-dealkylation sites (tertiary alicyclic amines) is 2. The number of ether oxygens (including phenoxy) is 3. The quantitative estimate of drug-likeness (QED) is 0.120. The predicted octanol–water partition coefficient (Wildman–Crippen LogP) is 6.25. The number of halogens is 3. The van der Waals surface area contributed by atoms with E-state index < -0.39 is 60.3 Å². The van der Waals surface area contributed by atoms with Gasteiger partial charge in [-0.2, -0.15) is 13.2 Å². The number of alkyl halides is 3. The number of H-pyrrole nitrogens is 2. The molecule has 322 valence electrons. The number of rotatable bonds is 13. The third-order valence-corrected chi connectivity index (χ3v) is 11.3. The summed E-state index contributed by atoms with van der Waals surface area (Å²) in [5, 5.41) is 12.1. The second kappa shape index (κ2) is 18.1. The van der Waals surface area contributed by atoms with Gasteiger partial charge in [0.1, 0.15) is 35.1 Å². The van der Waals surface area contributed by atoms with E-state index in [0.717, 1.165) is 35.1 Å². The van der Waals surface area contributed by atoms with Crippen LogP contribution in [0.25, 0.3) is 33.6 Å². The van der Waals surface area contributed by atoms with Gasteiger partial charge in [-0.1, -0.05) is 48.5 Å². The maximum atomic E-state index is 14.5. The molecule has 2 aliphatic heterocycles. The smallest absolute Gasteiger partial charge is 0.433 e. The number of aromatic amines is 2. The van der Waals surface area contributed by atoms with Crippen molar-refractivity contribution in [1.82, 2.24) is 40.0 Å². The van der Waals surface area contributed by atoms with E-state index in [1.807, 2.05) is 24.3 Å². The van der Waals surface area contributed by atoms with Gasteiger partial charge in [-0.25, -0.2) is 19.6 Å². The molecule has 16 nitrogen and oxygen atoms in total. The molecule has 0 radical (unpaired) electrons. The lowest BCUT2D eigenvalue weighted by Gasteiger charge is -2.34. The molecule has 4 aromatic rings. The number of hydrogen-bond acceptors (Lipinski definition) is 9. The Labute approximate surface area is 344 Å². The monoisotopic (exact) mass is 838 g/mol. The standard InChI is InChI=1S/C41H49F3N8O8/c1-22(58-4)31(48-39(55)60-6)37(53)51-19-8-10-30(51)36-47-32(34(49-36)41(42,43)44)27-17-13-25(14-18-27)24-11-15-26(16-12-24)28-21-45-35(46-28)29-9-7-20-52(29)38(54)33(23(2)59-5)50(3)40(56)57/h11-18,21-23,29-31,33H,7-10,19-20H2,1-6H3,(H,45,46)(H,47,49)(H,48,55)(H,56,57)/t22-,23-,29+,30+,31+,33+/m1/s1. The average Bonchev–Trinajstić information content (AvgIpc) is 4.08. The van der Waals surface area contributed by atoms with Crippen LogP contribution < -0.4 is 5.32 Å². The minimum absolute atomic E-state index is 0.0189. The molecule has 0 spiro atoms. The van der Waals surface area contributed by atoms with Crippen molar-refractivity contribution in [3.63, 3.8) is 0 Å². The fourth-order valence-corrected chi connectivity index (χ4v) is 7.89. The largest absolute Gasteiger partial charge is 0.465 e. The Morgan fingerprint density at radius 2 is 1.35 bits per heavy atom. The summed E-state index contributed by atoms with van der Waals surface area (Å²) in [6, 6.07) is 10.7. The molecule has 4 amide bonds. The van der Waals surface area contributed by atoms with E-state index in [0.29, 0.717) is 37.3 Å². The predicted molar refractivity (Wildman–Crippen MR) is 211 cm³/mol. The average molecular weight is 839 g/mol. The fraction of sp³-hybridized carbons (Fsp3) is 0.463. The van der Waals surface area contributed by atoms with Gasteiger partial charge in [-0.3, -0.25) is 14.5 Å². The second-order valence-electron chi connectivity index (χ2n) is 14.9. The number of carbonyl (C=O) groups excluding carboxylic acids is 3. The maximum absolute atomic E-state index is 14.5. The van der Waals surface area contributed by atoms with Crippen molar-refractivity contribution >= 4 is 24.0 Å². The zero-order chi connectivity index (χ0) is 43.5.